The van der Waals surface area contributed by atoms with E-state index in [9.17, 15) is 0 Å². The van der Waals surface area contributed by atoms with Crippen molar-refractivity contribution in [2.45, 2.75) is 57.3 Å². The number of nitrogens with zero attached hydrogens (tertiary/aromatic N) is 5. The van der Waals surface area contributed by atoms with E-state index in [4.69, 9.17) is 27.3 Å². The van der Waals surface area contributed by atoms with Gasteiger partial charge in [0.05, 0.1) is 16.7 Å². The highest BCUT2D eigenvalue weighted by Gasteiger charge is 2.40. The number of fused-ring (bicyclic) bond motifs is 4. The molecule has 1 aromatic carbocycles. The van der Waals surface area contributed by atoms with Crippen LogP contribution in [0.2, 0.25) is 5.02 Å². The van der Waals surface area contributed by atoms with Crippen molar-refractivity contribution in [3.8, 4) is 11.1 Å². The van der Waals surface area contributed by atoms with E-state index >= 15 is 0 Å². The molecule has 3 N–H and O–H groups in total. The number of nitrogens with one attached hydrogen (secondary N) is 1. The molecule has 6 rings (SSSR count). The predicted molar refractivity (Wildman–Crippen MR) is 120 cm³/mol. The summed E-state index contributed by atoms with van der Waals surface area (Å²) in [5.74, 6) is 0.945. The molecule has 0 radical (unpaired) electrons. The van der Waals surface area contributed by atoms with E-state index < -0.39 is 0 Å². The van der Waals surface area contributed by atoms with Gasteiger partial charge in [0.15, 0.2) is 5.65 Å². The Morgan fingerprint density at radius 2 is 2.00 bits per heavy atom. The minimum Gasteiger partial charge on any atom is -0.349 e. The van der Waals surface area contributed by atoms with Gasteiger partial charge in [0.1, 0.15) is 11.3 Å². The third kappa shape index (κ3) is 2.65. The molecular weight excluding hydrogens is 398 g/mol. The lowest BCUT2D eigenvalue weighted by molar-refractivity contribution is 0.412. The first-order chi connectivity index (χ1) is 14.6. The first-order valence-electron chi connectivity index (χ1n) is 10.7. The zero-order valence-corrected chi connectivity index (χ0v) is 17.6. The van der Waals surface area contributed by atoms with Gasteiger partial charge in [-0.3, -0.25) is 4.68 Å². The zero-order valence-electron chi connectivity index (χ0n) is 16.8. The number of rotatable bonds is 3. The number of halogens is 1. The van der Waals surface area contributed by atoms with Crippen LogP contribution >= 0.6 is 11.6 Å². The summed E-state index contributed by atoms with van der Waals surface area (Å²) in [5.41, 5.74) is 10.7. The van der Waals surface area contributed by atoms with Gasteiger partial charge < -0.3 is 15.6 Å². The minimum atomic E-state index is 0.307. The predicted octanol–water partition coefficient (Wildman–Crippen LogP) is 4.11. The van der Waals surface area contributed by atoms with Crippen LogP contribution in [-0.4, -0.2) is 42.9 Å². The first kappa shape index (κ1) is 18.2. The third-order valence-electron chi connectivity index (χ3n) is 6.69. The summed E-state index contributed by atoms with van der Waals surface area (Å²) in [4.78, 5) is 15.5. The topological polar surface area (TPSA) is 88.7 Å². The normalized spacial score (nSPS) is 23.7. The average Bonchev–Trinajstić information content (AvgIpc) is 3.42. The van der Waals surface area contributed by atoms with E-state index in [1.807, 2.05) is 35.4 Å². The second-order valence-electron chi connectivity index (χ2n) is 8.50. The average molecular weight is 422 g/mol. The second kappa shape index (κ2) is 6.68. The van der Waals surface area contributed by atoms with E-state index in [1.54, 1.807) is 0 Å². The summed E-state index contributed by atoms with van der Waals surface area (Å²) in [6.45, 7) is 2.88. The van der Waals surface area contributed by atoms with Gasteiger partial charge in [-0.15, -0.1) is 0 Å². The summed E-state index contributed by atoms with van der Waals surface area (Å²) >= 11 is 6.78. The van der Waals surface area contributed by atoms with Gasteiger partial charge in [0.2, 0.25) is 0 Å². The van der Waals surface area contributed by atoms with Crippen LogP contribution in [0.5, 0.6) is 0 Å². The number of anilines is 1. The lowest BCUT2D eigenvalue weighted by Crippen LogP contribution is -2.47. The SMILES string of the molecule is CCn1cc2c(Cl)c(-c3c[nH]c4nc(N5[C@@H]6CC[C@H]5C[C@@H](N)C6)cnc34)ccc2n1. The number of benzene rings is 1. The van der Waals surface area contributed by atoms with Crippen LogP contribution in [0, 0.1) is 0 Å². The maximum absolute atomic E-state index is 6.78. The zero-order chi connectivity index (χ0) is 20.4. The molecule has 2 fully saturated rings. The van der Waals surface area contributed by atoms with Gasteiger partial charge in [-0.05, 0) is 38.7 Å². The highest BCUT2D eigenvalue weighted by atomic mass is 35.5. The Bertz CT molecular complexity index is 1250. The molecule has 3 atom stereocenters. The van der Waals surface area contributed by atoms with Crippen LogP contribution < -0.4 is 10.6 Å². The van der Waals surface area contributed by atoms with Crippen LogP contribution in [0.1, 0.15) is 32.6 Å². The highest BCUT2D eigenvalue weighted by molar-refractivity contribution is 6.38. The number of nitrogens with two attached hydrogens (primary N) is 1. The van der Waals surface area contributed by atoms with Gasteiger partial charge in [0.25, 0.3) is 0 Å². The van der Waals surface area contributed by atoms with Crippen molar-refractivity contribution >= 4 is 39.5 Å². The Morgan fingerprint density at radius 3 is 2.77 bits per heavy atom. The fourth-order valence-electron chi connectivity index (χ4n) is 5.29. The minimum absolute atomic E-state index is 0.307. The molecule has 2 saturated heterocycles. The number of H-pyrrole nitrogens is 1. The van der Waals surface area contributed by atoms with Crippen molar-refractivity contribution in [3.63, 3.8) is 0 Å². The number of aromatic nitrogens is 5. The Balaban J connectivity index is 1.41. The molecular formula is C22H24ClN7. The number of aryl methyl sites for hydroxylation is 1. The highest BCUT2D eigenvalue weighted by Crippen LogP contribution is 2.40. The first-order valence-corrected chi connectivity index (χ1v) is 11.0. The quantitative estimate of drug-likeness (QED) is 0.519. The Hall–Kier alpha value is -2.64. The number of aromatic amines is 1. The van der Waals surface area contributed by atoms with Crippen molar-refractivity contribution in [1.82, 2.24) is 24.7 Å². The lowest BCUT2D eigenvalue weighted by Gasteiger charge is -2.38. The van der Waals surface area contributed by atoms with Gasteiger partial charge in [-0.25, -0.2) is 9.97 Å². The maximum Gasteiger partial charge on any atom is 0.159 e. The summed E-state index contributed by atoms with van der Waals surface area (Å²) in [6, 6.07) is 5.29. The lowest BCUT2D eigenvalue weighted by atomic mass is 9.98. The molecule has 4 aromatic rings. The van der Waals surface area contributed by atoms with Crippen LogP contribution in [-0.2, 0) is 6.54 Å². The molecule has 5 heterocycles. The van der Waals surface area contributed by atoms with Gasteiger partial charge in [0, 0.05) is 53.6 Å². The number of hydrogen-bond donors (Lipinski definition) is 2. The fourth-order valence-corrected chi connectivity index (χ4v) is 5.60. The van der Waals surface area contributed by atoms with Crippen LogP contribution in [0.3, 0.4) is 0 Å². The van der Waals surface area contributed by atoms with Crippen LogP contribution in [0.4, 0.5) is 5.82 Å². The van der Waals surface area contributed by atoms with Crippen molar-refractivity contribution in [3.05, 3.63) is 35.7 Å². The molecule has 2 aliphatic rings. The maximum atomic E-state index is 6.78. The van der Waals surface area contributed by atoms with Crippen LogP contribution in [0.25, 0.3) is 33.2 Å². The molecule has 0 saturated carbocycles. The fraction of sp³-hybridized carbons (Fsp3) is 0.409. The molecule has 0 aliphatic carbocycles. The Morgan fingerprint density at radius 1 is 1.20 bits per heavy atom. The second-order valence-corrected chi connectivity index (χ2v) is 8.87. The third-order valence-corrected chi connectivity index (χ3v) is 7.09. The molecule has 154 valence electrons. The summed E-state index contributed by atoms with van der Waals surface area (Å²) in [6.07, 6.45) is 10.3. The Kier molecular flexibility index (Phi) is 4.05. The molecule has 7 nitrogen and oxygen atoms in total. The van der Waals surface area contributed by atoms with Crippen molar-refractivity contribution in [2.24, 2.45) is 5.73 Å². The van der Waals surface area contributed by atoms with E-state index in [0.717, 1.165) is 58.4 Å². The van der Waals surface area contributed by atoms with Gasteiger partial charge in [-0.2, -0.15) is 5.10 Å². The summed E-state index contributed by atoms with van der Waals surface area (Å²) in [7, 11) is 0. The van der Waals surface area contributed by atoms with E-state index in [2.05, 4.69) is 21.9 Å². The molecule has 2 bridgehead atoms. The monoisotopic (exact) mass is 421 g/mol. The summed E-state index contributed by atoms with van der Waals surface area (Å²) < 4.78 is 1.90. The number of hydrogen-bond acceptors (Lipinski definition) is 5. The smallest absolute Gasteiger partial charge is 0.159 e. The van der Waals surface area contributed by atoms with Gasteiger partial charge >= 0.3 is 0 Å². The number of piperidine rings is 1. The van der Waals surface area contributed by atoms with Crippen molar-refractivity contribution in [2.75, 3.05) is 4.90 Å². The molecule has 3 aromatic heterocycles. The molecule has 8 heteroatoms. The van der Waals surface area contributed by atoms with Crippen LogP contribution in [0.15, 0.2) is 30.7 Å². The van der Waals surface area contributed by atoms with E-state index in [-0.39, 0.29) is 0 Å². The van der Waals surface area contributed by atoms with Crippen molar-refractivity contribution < 1.29 is 0 Å². The molecule has 30 heavy (non-hydrogen) atoms. The van der Waals surface area contributed by atoms with Gasteiger partial charge in [-0.1, -0.05) is 17.7 Å². The summed E-state index contributed by atoms with van der Waals surface area (Å²) in [5, 5.41) is 6.20. The van der Waals surface area contributed by atoms with E-state index in [1.165, 1.54) is 12.8 Å². The van der Waals surface area contributed by atoms with Crippen molar-refractivity contribution in [1.29, 1.82) is 0 Å². The molecule has 0 amide bonds. The van der Waals surface area contributed by atoms with E-state index in [0.29, 0.717) is 23.1 Å². The standard InChI is InChI=1S/C22H24ClN7/c1-2-29-11-17-18(28-29)6-5-15(20(17)23)16-9-26-22-21(16)25-10-19(27-22)30-13-3-4-14(30)8-12(24)7-13/h5-6,9-14H,2-4,7-8,24H2,1H3,(H,26,27)/t12-,13+,14-. The molecule has 2 aliphatic heterocycles. The molecule has 0 spiro atoms. The largest absolute Gasteiger partial charge is 0.349 e. The molecule has 0 unspecified atom stereocenters. The Labute approximate surface area is 179 Å².